The smallest absolute Gasteiger partial charge is 0.135 e. The first-order valence-electron chi connectivity index (χ1n) is 6.53. The molecule has 3 nitrogen and oxygen atoms in total. The molecule has 1 N–H and O–H groups in total. The van der Waals surface area contributed by atoms with Gasteiger partial charge in [0.05, 0.1) is 0 Å². The van der Waals surface area contributed by atoms with Crippen molar-refractivity contribution in [2.45, 2.75) is 26.7 Å². The van der Waals surface area contributed by atoms with Crippen LogP contribution in [0.15, 0.2) is 18.2 Å². The SMILES string of the molecule is CCc1c(C)nc(Cc2c(F)cccc2Cl)nc1NC. The molecule has 0 aliphatic rings. The Morgan fingerprint density at radius 3 is 2.60 bits per heavy atom. The Morgan fingerprint density at radius 2 is 2.00 bits per heavy atom. The fourth-order valence-corrected chi connectivity index (χ4v) is 2.45. The van der Waals surface area contributed by atoms with E-state index in [1.807, 2.05) is 14.0 Å². The third-order valence-electron chi connectivity index (χ3n) is 3.25. The van der Waals surface area contributed by atoms with E-state index in [1.165, 1.54) is 6.07 Å². The van der Waals surface area contributed by atoms with Crippen LogP contribution in [0.4, 0.5) is 10.2 Å². The van der Waals surface area contributed by atoms with Gasteiger partial charge in [0.1, 0.15) is 17.5 Å². The zero-order chi connectivity index (χ0) is 14.7. The molecule has 2 aromatic rings. The van der Waals surface area contributed by atoms with Crippen LogP contribution in [0.3, 0.4) is 0 Å². The first-order chi connectivity index (χ1) is 9.56. The summed E-state index contributed by atoms with van der Waals surface area (Å²) >= 11 is 6.04. The Balaban J connectivity index is 2.42. The first kappa shape index (κ1) is 14.7. The minimum absolute atomic E-state index is 0.283. The van der Waals surface area contributed by atoms with Crippen LogP contribution in [0.2, 0.25) is 5.02 Å². The molecule has 20 heavy (non-hydrogen) atoms. The Kier molecular flexibility index (Phi) is 4.55. The molecule has 0 spiro atoms. The van der Waals surface area contributed by atoms with Crippen LogP contribution in [-0.4, -0.2) is 17.0 Å². The summed E-state index contributed by atoms with van der Waals surface area (Å²) in [5, 5.41) is 3.46. The molecule has 2 rings (SSSR count). The number of halogens is 2. The maximum atomic E-state index is 13.8. The van der Waals surface area contributed by atoms with Crippen LogP contribution in [0.25, 0.3) is 0 Å². The second kappa shape index (κ2) is 6.18. The van der Waals surface area contributed by atoms with Gasteiger partial charge < -0.3 is 5.32 Å². The third kappa shape index (κ3) is 2.90. The van der Waals surface area contributed by atoms with Crippen molar-refractivity contribution in [2.24, 2.45) is 0 Å². The number of benzene rings is 1. The van der Waals surface area contributed by atoms with Gasteiger partial charge in [-0.3, -0.25) is 0 Å². The zero-order valence-corrected chi connectivity index (χ0v) is 12.6. The van der Waals surface area contributed by atoms with Crippen LogP contribution in [0, 0.1) is 12.7 Å². The lowest BCUT2D eigenvalue weighted by Gasteiger charge is -2.12. The van der Waals surface area contributed by atoms with E-state index in [9.17, 15) is 4.39 Å². The van der Waals surface area contributed by atoms with E-state index in [1.54, 1.807) is 12.1 Å². The van der Waals surface area contributed by atoms with Crippen LogP contribution in [0.5, 0.6) is 0 Å². The van der Waals surface area contributed by atoms with Crippen molar-refractivity contribution in [2.75, 3.05) is 12.4 Å². The number of rotatable bonds is 4. The highest BCUT2D eigenvalue weighted by Crippen LogP contribution is 2.23. The number of aryl methyl sites for hydroxylation is 1. The summed E-state index contributed by atoms with van der Waals surface area (Å²) in [6, 6.07) is 4.66. The fraction of sp³-hybridized carbons (Fsp3) is 0.333. The number of nitrogens with zero attached hydrogens (tertiary/aromatic N) is 2. The molecular formula is C15H17ClFN3. The second-order valence-corrected chi connectivity index (χ2v) is 4.94. The lowest BCUT2D eigenvalue weighted by atomic mass is 10.1. The Labute approximate surface area is 123 Å². The standard InChI is InChI=1S/C15H17ClFN3/c1-4-10-9(2)19-14(20-15(10)18-3)8-11-12(16)6-5-7-13(11)17/h5-7H,4,8H2,1-3H3,(H,18,19,20). The van der Waals surface area contributed by atoms with Gasteiger partial charge in [-0.1, -0.05) is 24.6 Å². The van der Waals surface area contributed by atoms with E-state index < -0.39 is 0 Å². The average molecular weight is 294 g/mol. The lowest BCUT2D eigenvalue weighted by molar-refractivity contribution is 0.612. The van der Waals surface area contributed by atoms with Crippen molar-refractivity contribution >= 4 is 17.4 Å². The van der Waals surface area contributed by atoms with E-state index in [4.69, 9.17) is 11.6 Å². The van der Waals surface area contributed by atoms with Gasteiger partial charge in [-0.05, 0) is 25.5 Å². The summed E-state index contributed by atoms with van der Waals surface area (Å²) in [7, 11) is 1.82. The largest absolute Gasteiger partial charge is 0.373 e. The van der Waals surface area contributed by atoms with Crippen LogP contribution >= 0.6 is 11.6 Å². The van der Waals surface area contributed by atoms with Crippen LogP contribution in [0.1, 0.15) is 29.6 Å². The summed E-state index contributed by atoms with van der Waals surface area (Å²) < 4.78 is 13.8. The van der Waals surface area contributed by atoms with E-state index in [0.717, 1.165) is 23.5 Å². The summed E-state index contributed by atoms with van der Waals surface area (Å²) in [6.45, 7) is 3.99. The van der Waals surface area contributed by atoms with E-state index in [-0.39, 0.29) is 12.2 Å². The number of hydrogen-bond acceptors (Lipinski definition) is 3. The zero-order valence-electron chi connectivity index (χ0n) is 11.8. The molecule has 106 valence electrons. The van der Waals surface area contributed by atoms with Gasteiger partial charge in [-0.2, -0.15) is 0 Å². The quantitative estimate of drug-likeness (QED) is 0.932. The molecule has 1 heterocycles. The Bertz CT molecular complexity index is 609. The highest BCUT2D eigenvalue weighted by molar-refractivity contribution is 6.31. The van der Waals surface area contributed by atoms with E-state index >= 15 is 0 Å². The monoisotopic (exact) mass is 293 g/mol. The maximum Gasteiger partial charge on any atom is 0.135 e. The van der Waals surface area contributed by atoms with Crippen molar-refractivity contribution in [1.29, 1.82) is 0 Å². The number of nitrogens with one attached hydrogen (secondary N) is 1. The summed E-state index contributed by atoms with van der Waals surface area (Å²) in [5.41, 5.74) is 2.42. The second-order valence-electron chi connectivity index (χ2n) is 4.53. The molecule has 0 fully saturated rings. The highest BCUT2D eigenvalue weighted by Gasteiger charge is 2.13. The van der Waals surface area contributed by atoms with Crippen LogP contribution < -0.4 is 5.32 Å². The van der Waals surface area contributed by atoms with Crippen molar-refractivity contribution in [1.82, 2.24) is 9.97 Å². The summed E-state index contributed by atoms with van der Waals surface area (Å²) in [5.74, 6) is 1.03. The van der Waals surface area contributed by atoms with Gasteiger partial charge >= 0.3 is 0 Å². The molecule has 1 aromatic carbocycles. The van der Waals surface area contributed by atoms with Crippen LogP contribution in [-0.2, 0) is 12.8 Å². The van der Waals surface area contributed by atoms with Gasteiger partial charge in [0.2, 0.25) is 0 Å². The van der Waals surface area contributed by atoms with Gasteiger partial charge in [0, 0.05) is 35.3 Å². The van der Waals surface area contributed by atoms with Crippen molar-refractivity contribution in [3.63, 3.8) is 0 Å². The number of aromatic nitrogens is 2. The van der Waals surface area contributed by atoms with Crippen molar-refractivity contribution in [3.8, 4) is 0 Å². The molecule has 0 atom stereocenters. The highest BCUT2D eigenvalue weighted by atomic mass is 35.5. The van der Waals surface area contributed by atoms with Gasteiger partial charge in [0.25, 0.3) is 0 Å². The normalized spacial score (nSPS) is 10.7. The first-order valence-corrected chi connectivity index (χ1v) is 6.91. The molecule has 0 radical (unpaired) electrons. The number of hydrogen-bond donors (Lipinski definition) is 1. The summed E-state index contributed by atoms with van der Waals surface area (Å²) in [4.78, 5) is 8.91. The summed E-state index contributed by atoms with van der Waals surface area (Å²) in [6.07, 6.45) is 1.13. The molecule has 0 bridgehead atoms. The van der Waals surface area contributed by atoms with Gasteiger partial charge in [-0.25, -0.2) is 14.4 Å². The molecule has 1 aromatic heterocycles. The lowest BCUT2D eigenvalue weighted by Crippen LogP contribution is -2.08. The molecule has 5 heteroatoms. The molecule has 0 aliphatic heterocycles. The molecule has 0 saturated carbocycles. The fourth-order valence-electron chi connectivity index (χ4n) is 2.22. The van der Waals surface area contributed by atoms with Gasteiger partial charge in [-0.15, -0.1) is 0 Å². The van der Waals surface area contributed by atoms with Crippen molar-refractivity contribution < 1.29 is 4.39 Å². The Hall–Kier alpha value is -1.68. The average Bonchev–Trinajstić information content (AvgIpc) is 2.42. The van der Waals surface area contributed by atoms with E-state index in [2.05, 4.69) is 22.2 Å². The molecular weight excluding hydrogens is 277 g/mol. The topological polar surface area (TPSA) is 37.8 Å². The predicted octanol–water partition coefficient (Wildman–Crippen LogP) is 3.77. The molecule has 0 saturated heterocycles. The molecule has 0 unspecified atom stereocenters. The third-order valence-corrected chi connectivity index (χ3v) is 3.60. The predicted molar refractivity (Wildman–Crippen MR) is 79.9 cm³/mol. The van der Waals surface area contributed by atoms with Crippen molar-refractivity contribution in [3.05, 3.63) is 51.7 Å². The Morgan fingerprint density at radius 1 is 1.25 bits per heavy atom. The van der Waals surface area contributed by atoms with E-state index in [0.29, 0.717) is 16.4 Å². The number of anilines is 1. The van der Waals surface area contributed by atoms with Gasteiger partial charge in [0.15, 0.2) is 0 Å². The molecule has 0 amide bonds. The minimum Gasteiger partial charge on any atom is -0.373 e. The maximum absolute atomic E-state index is 13.8. The minimum atomic E-state index is -0.329. The molecule has 0 aliphatic carbocycles.